The molecule has 8 heteroatoms. The van der Waals surface area contributed by atoms with Crippen LogP contribution in [0.5, 0.6) is 0 Å². The van der Waals surface area contributed by atoms with Gasteiger partial charge in [0.05, 0.1) is 17.1 Å². The van der Waals surface area contributed by atoms with E-state index in [9.17, 15) is 14.4 Å². The van der Waals surface area contributed by atoms with Crippen molar-refractivity contribution in [1.82, 2.24) is 10.2 Å². The van der Waals surface area contributed by atoms with E-state index in [0.717, 1.165) is 25.7 Å². The highest BCUT2D eigenvalue weighted by atomic mass is 35.5. The van der Waals surface area contributed by atoms with Crippen molar-refractivity contribution in [1.29, 1.82) is 0 Å². The molecule has 2 aromatic rings. The number of carbonyl (C=O) groups is 3. The summed E-state index contributed by atoms with van der Waals surface area (Å²) in [5.41, 5.74) is 2.12. The van der Waals surface area contributed by atoms with Crippen molar-refractivity contribution in [3.8, 4) is 0 Å². The van der Waals surface area contributed by atoms with Crippen LogP contribution >= 0.6 is 11.6 Å². The van der Waals surface area contributed by atoms with Crippen molar-refractivity contribution >= 4 is 40.7 Å². The first-order valence-electron chi connectivity index (χ1n) is 11.4. The summed E-state index contributed by atoms with van der Waals surface area (Å²) < 4.78 is 0. The number of hydrogen-bond donors (Lipinski definition) is 3. The van der Waals surface area contributed by atoms with E-state index in [1.165, 1.54) is 6.42 Å². The second-order valence-electron chi connectivity index (χ2n) is 8.24. The summed E-state index contributed by atoms with van der Waals surface area (Å²) in [5.74, 6) is -0.537. The van der Waals surface area contributed by atoms with Crippen molar-refractivity contribution in [3.63, 3.8) is 0 Å². The molecule has 3 rings (SSSR count). The molecule has 0 radical (unpaired) electrons. The topological polar surface area (TPSA) is 90.5 Å². The van der Waals surface area contributed by atoms with E-state index in [1.807, 2.05) is 14.0 Å². The lowest BCUT2D eigenvalue weighted by Crippen LogP contribution is -2.38. The molecule has 0 spiro atoms. The first-order valence-corrected chi connectivity index (χ1v) is 11.8. The van der Waals surface area contributed by atoms with Crippen LogP contribution < -0.4 is 16.0 Å². The minimum atomic E-state index is -0.267. The molecular weight excluding hydrogens is 440 g/mol. The normalized spacial score (nSPS) is 13.8. The lowest BCUT2D eigenvalue weighted by atomic mass is 9.94. The SMILES string of the molecule is CCNC(=O)c1cccc(NC(=O)CNc2ccc(C(=O)N(C)C3CCCCC3)c(Cl)c2)c1. The number of hydrogen-bond acceptors (Lipinski definition) is 4. The van der Waals surface area contributed by atoms with Gasteiger partial charge in [0.15, 0.2) is 0 Å². The van der Waals surface area contributed by atoms with Gasteiger partial charge in [0.2, 0.25) is 5.91 Å². The predicted molar refractivity (Wildman–Crippen MR) is 132 cm³/mol. The molecule has 2 aromatic carbocycles. The maximum absolute atomic E-state index is 12.9. The first-order chi connectivity index (χ1) is 15.9. The van der Waals surface area contributed by atoms with Gasteiger partial charge in [0.1, 0.15) is 0 Å². The minimum absolute atomic E-state index is 0.0109. The third kappa shape index (κ3) is 6.71. The summed E-state index contributed by atoms with van der Waals surface area (Å²) >= 11 is 6.40. The molecular formula is C25H31ClN4O3. The monoisotopic (exact) mass is 470 g/mol. The molecule has 1 aliphatic carbocycles. The summed E-state index contributed by atoms with van der Waals surface area (Å²) in [6.07, 6.45) is 5.59. The third-order valence-electron chi connectivity index (χ3n) is 5.84. The Hall–Kier alpha value is -3.06. The Labute approximate surface area is 199 Å². The number of anilines is 2. The molecule has 0 saturated heterocycles. The van der Waals surface area contributed by atoms with Gasteiger partial charge >= 0.3 is 0 Å². The fraction of sp³-hybridized carbons (Fsp3) is 0.400. The number of nitrogens with zero attached hydrogens (tertiary/aromatic N) is 1. The minimum Gasteiger partial charge on any atom is -0.376 e. The van der Waals surface area contributed by atoms with Crippen molar-refractivity contribution in [2.75, 3.05) is 30.8 Å². The summed E-state index contributed by atoms with van der Waals surface area (Å²) in [7, 11) is 1.84. The van der Waals surface area contributed by atoms with Crippen LogP contribution in [0.25, 0.3) is 0 Å². The maximum atomic E-state index is 12.9. The quantitative estimate of drug-likeness (QED) is 0.528. The molecule has 0 bridgehead atoms. The van der Waals surface area contributed by atoms with E-state index in [0.29, 0.717) is 34.1 Å². The zero-order chi connectivity index (χ0) is 23.8. The van der Waals surface area contributed by atoms with Gasteiger partial charge in [-0.25, -0.2) is 0 Å². The lowest BCUT2D eigenvalue weighted by Gasteiger charge is -2.31. The molecule has 1 saturated carbocycles. The van der Waals surface area contributed by atoms with Gasteiger partial charge in [-0.2, -0.15) is 0 Å². The van der Waals surface area contributed by atoms with Crippen LogP contribution in [-0.2, 0) is 4.79 Å². The van der Waals surface area contributed by atoms with Crippen LogP contribution in [0.3, 0.4) is 0 Å². The first kappa shape index (κ1) is 24.6. The van der Waals surface area contributed by atoms with E-state index in [1.54, 1.807) is 47.4 Å². The van der Waals surface area contributed by atoms with Gasteiger partial charge < -0.3 is 20.9 Å². The highest BCUT2D eigenvalue weighted by molar-refractivity contribution is 6.34. The fourth-order valence-corrected chi connectivity index (χ4v) is 4.27. The molecule has 3 N–H and O–H groups in total. The molecule has 176 valence electrons. The van der Waals surface area contributed by atoms with Gasteiger partial charge in [-0.3, -0.25) is 14.4 Å². The van der Waals surface area contributed by atoms with Crippen LogP contribution in [0.2, 0.25) is 5.02 Å². The molecule has 0 aromatic heterocycles. The van der Waals surface area contributed by atoms with Gasteiger partial charge in [-0.1, -0.05) is 36.9 Å². The van der Waals surface area contributed by atoms with Crippen LogP contribution in [0, 0.1) is 0 Å². The van der Waals surface area contributed by atoms with Gasteiger partial charge in [-0.15, -0.1) is 0 Å². The van der Waals surface area contributed by atoms with Gasteiger partial charge in [-0.05, 0) is 56.2 Å². The van der Waals surface area contributed by atoms with Gasteiger partial charge in [0.25, 0.3) is 11.8 Å². The largest absolute Gasteiger partial charge is 0.376 e. The Bertz CT molecular complexity index is 1000. The summed E-state index contributed by atoms with van der Waals surface area (Å²) in [4.78, 5) is 39.0. The molecule has 0 atom stereocenters. The molecule has 3 amide bonds. The lowest BCUT2D eigenvalue weighted by molar-refractivity contribution is -0.114. The van der Waals surface area contributed by atoms with Gasteiger partial charge in [0, 0.05) is 36.6 Å². The number of rotatable bonds is 8. The number of nitrogens with one attached hydrogen (secondary N) is 3. The average Bonchev–Trinajstić information content (AvgIpc) is 2.83. The smallest absolute Gasteiger partial charge is 0.255 e. The van der Waals surface area contributed by atoms with E-state index in [4.69, 9.17) is 11.6 Å². The van der Waals surface area contributed by atoms with E-state index in [2.05, 4.69) is 16.0 Å². The second-order valence-corrected chi connectivity index (χ2v) is 8.65. The van der Waals surface area contributed by atoms with Crippen LogP contribution in [0.1, 0.15) is 59.7 Å². The number of carbonyl (C=O) groups excluding carboxylic acids is 3. The summed E-state index contributed by atoms with van der Waals surface area (Å²) in [6, 6.07) is 12.1. The van der Waals surface area contributed by atoms with Crippen LogP contribution in [0.4, 0.5) is 11.4 Å². The number of benzene rings is 2. The fourth-order valence-electron chi connectivity index (χ4n) is 4.01. The molecule has 0 aliphatic heterocycles. The van der Waals surface area contributed by atoms with Crippen molar-refractivity contribution < 1.29 is 14.4 Å². The van der Waals surface area contributed by atoms with E-state index >= 15 is 0 Å². The predicted octanol–water partition coefficient (Wildman–Crippen LogP) is 4.55. The van der Waals surface area contributed by atoms with Crippen LogP contribution in [0.15, 0.2) is 42.5 Å². The Morgan fingerprint density at radius 3 is 2.48 bits per heavy atom. The van der Waals surface area contributed by atoms with Crippen molar-refractivity contribution in [2.24, 2.45) is 0 Å². The molecule has 0 unspecified atom stereocenters. The molecule has 1 fully saturated rings. The van der Waals surface area contributed by atoms with E-state index < -0.39 is 0 Å². The Morgan fingerprint density at radius 1 is 1.03 bits per heavy atom. The van der Waals surface area contributed by atoms with Crippen molar-refractivity contribution in [3.05, 3.63) is 58.6 Å². The van der Waals surface area contributed by atoms with E-state index in [-0.39, 0.29) is 30.3 Å². The molecule has 33 heavy (non-hydrogen) atoms. The maximum Gasteiger partial charge on any atom is 0.255 e. The van der Waals surface area contributed by atoms with Crippen molar-refractivity contribution in [2.45, 2.75) is 45.1 Å². The Morgan fingerprint density at radius 2 is 1.79 bits per heavy atom. The zero-order valence-corrected chi connectivity index (χ0v) is 19.9. The molecule has 7 nitrogen and oxygen atoms in total. The number of amides is 3. The Kier molecular flexibility index (Phi) is 8.72. The summed E-state index contributed by atoms with van der Waals surface area (Å²) in [5, 5.41) is 8.87. The number of halogens is 1. The molecule has 0 heterocycles. The highest BCUT2D eigenvalue weighted by Crippen LogP contribution is 2.26. The second kappa shape index (κ2) is 11.7. The standard InChI is InChI=1S/C25H31ClN4O3/c1-3-27-24(32)17-8-7-9-19(14-17)29-23(31)16-28-18-12-13-21(22(26)15-18)25(33)30(2)20-10-5-4-6-11-20/h7-9,12-15,20,28H,3-6,10-11,16H2,1-2H3,(H,27,32)(H,29,31). The Balaban J connectivity index is 1.56. The summed E-state index contributed by atoms with van der Waals surface area (Å²) in [6.45, 7) is 2.39. The average molecular weight is 471 g/mol. The zero-order valence-electron chi connectivity index (χ0n) is 19.1. The highest BCUT2D eigenvalue weighted by Gasteiger charge is 2.24. The third-order valence-corrected chi connectivity index (χ3v) is 6.15. The molecule has 1 aliphatic rings. The van der Waals surface area contributed by atoms with Crippen LogP contribution in [-0.4, -0.2) is 48.8 Å².